The summed E-state index contributed by atoms with van der Waals surface area (Å²) < 4.78 is 0. The Hall–Kier alpha value is -3.17. The zero-order valence-corrected chi connectivity index (χ0v) is 35.8. The molecule has 0 bridgehead atoms. The molecule has 0 aromatic heterocycles. The highest BCUT2D eigenvalue weighted by atomic mass is 16.1. The number of unbranched alkanes of at least 4 members (excludes halogenated alkanes) is 1. The molecule has 3 aliphatic rings. The molecule has 294 valence electrons. The van der Waals surface area contributed by atoms with Crippen molar-refractivity contribution in [3.8, 4) is 0 Å². The highest BCUT2D eigenvalue weighted by Crippen LogP contribution is 2.34. The van der Waals surface area contributed by atoms with Crippen molar-refractivity contribution in [2.24, 2.45) is 17.8 Å². The summed E-state index contributed by atoms with van der Waals surface area (Å²) in [6.07, 6.45) is 17.2. The van der Waals surface area contributed by atoms with Gasteiger partial charge in [-0.25, -0.2) is 4.79 Å². The van der Waals surface area contributed by atoms with E-state index in [1.165, 1.54) is 36.0 Å². The maximum Gasteiger partial charge on any atom is 0.161 e. The molecule has 1 aromatic rings. The molecule has 2 aliphatic carbocycles. The molecule has 5 nitrogen and oxygen atoms in total. The third-order valence-corrected chi connectivity index (χ3v) is 9.49. The molecule has 4 unspecified atom stereocenters. The molecule has 0 radical (unpaired) electrons. The Balaban J connectivity index is 0.00000101. The summed E-state index contributed by atoms with van der Waals surface area (Å²) in [7, 11) is 0. The SMILES string of the molecule is CC.CC(C)C.CCCC.CCCC(C)C1=CC(C)C(=O)C(Nc2ccc(C(CCC)C(=C=O)N3CCC3)cc2)C1.CCCC1=C(C)C=C(C=O)C1. The Bertz CT molecular complexity index is 1290. The molecule has 0 amide bonds. The Labute approximate surface area is 320 Å². The number of hydrogen-bond acceptors (Lipinski definition) is 5. The number of aldehydes is 1. The van der Waals surface area contributed by atoms with Gasteiger partial charge in [-0.15, -0.1) is 0 Å². The number of allylic oxidation sites excluding steroid dienone is 6. The average molecular weight is 719 g/mol. The third kappa shape index (κ3) is 17.6. The second-order valence-electron chi connectivity index (χ2n) is 15.1. The summed E-state index contributed by atoms with van der Waals surface area (Å²) in [6, 6.07) is 8.15. The van der Waals surface area contributed by atoms with Gasteiger partial charge in [0.05, 0.1) is 6.04 Å². The second kappa shape index (κ2) is 28.3. The van der Waals surface area contributed by atoms with Crippen LogP contribution in [0.4, 0.5) is 5.69 Å². The molecule has 0 saturated carbocycles. The van der Waals surface area contributed by atoms with Gasteiger partial charge in [0.2, 0.25) is 0 Å². The van der Waals surface area contributed by atoms with E-state index in [-0.39, 0.29) is 23.7 Å². The number of hydrogen-bond donors (Lipinski definition) is 1. The number of nitrogens with one attached hydrogen (secondary N) is 1. The lowest BCUT2D eigenvalue weighted by Gasteiger charge is -2.37. The molecular weight excluding hydrogens is 641 g/mol. The summed E-state index contributed by atoms with van der Waals surface area (Å²) >= 11 is 0. The lowest BCUT2D eigenvalue weighted by Crippen LogP contribution is -2.38. The Morgan fingerprint density at radius 2 is 1.50 bits per heavy atom. The first kappa shape index (κ1) is 48.8. The summed E-state index contributed by atoms with van der Waals surface area (Å²) in [5.74, 6) is 3.91. The number of Topliss-reactive ketones (excluding diaryl/α,β-unsaturated/α-hetero) is 1. The van der Waals surface area contributed by atoms with Crippen LogP contribution in [0.3, 0.4) is 0 Å². The predicted octanol–water partition coefficient (Wildman–Crippen LogP) is 12.9. The summed E-state index contributed by atoms with van der Waals surface area (Å²) in [4.78, 5) is 37.1. The average Bonchev–Trinajstić information content (AvgIpc) is 3.47. The number of nitrogens with zero attached hydrogens (tertiary/aromatic N) is 1. The van der Waals surface area contributed by atoms with E-state index in [0.29, 0.717) is 5.92 Å². The minimum Gasteiger partial charge on any atom is -0.375 e. The quantitative estimate of drug-likeness (QED) is 0.118. The van der Waals surface area contributed by atoms with Crippen LogP contribution in [0.15, 0.2) is 64.4 Å². The van der Waals surface area contributed by atoms with Gasteiger partial charge < -0.3 is 10.2 Å². The van der Waals surface area contributed by atoms with Gasteiger partial charge in [0.25, 0.3) is 0 Å². The van der Waals surface area contributed by atoms with Crippen molar-refractivity contribution >= 4 is 23.7 Å². The number of likely N-dealkylation sites (tertiary alicyclic amines) is 1. The lowest BCUT2D eigenvalue weighted by atomic mass is 9.80. The van der Waals surface area contributed by atoms with Crippen LogP contribution in [0, 0.1) is 17.8 Å². The molecule has 1 heterocycles. The van der Waals surface area contributed by atoms with Gasteiger partial charge >= 0.3 is 0 Å². The van der Waals surface area contributed by atoms with Gasteiger partial charge in [-0.3, -0.25) is 9.59 Å². The van der Waals surface area contributed by atoms with Gasteiger partial charge in [-0.2, -0.15) is 0 Å². The van der Waals surface area contributed by atoms with Gasteiger partial charge in [0.15, 0.2) is 5.78 Å². The zero-order chi connectivity index (χ0) is 39.6. The number of rotatable bonds is 14. The molecular formula is C47H78N2O3. The van der Waals surface area contributed by atoms with Crippen molar-refractivity contribution in [1.29, 1.82) is 0 Å². The minimum absolute atomic E-state index is 0.0365. The predicted molar refractivity (Wildman–Crippen MR) is 227 cm³/mol. The van der Waals surface area contributed by atoms with Gasteiger partial charge in [0.1, 0.15) is 17.9 Å². The van der Waals surface area contributed by atoms with Gasteiger partial charge in [-0.05, 0) is 80.6 Å². The maximum absolute atomic E-state index is 12.8. The smallest absolute Gasteiger partial charge is 0.161 e. The van der Waals surface area contributed by atoms with Gasteiger partial charge in [0, 0.05) is 30.6 Å². The van der Waals surface area contributed by atoms with Gasteiger partial charge in [-0.1, -0.05) is 156 Å². The summed E-state index contributed by atoms with van der Waals surface area (Å²) in [5, 5.41) is 3.49. The first-order valence-electron chi connectivity index (χ1n) is 20.9. The first-order valence-corrected chi connectivity index (χ1v) is 20.9. The fourth-order valence-electron chi connectivity index (χ4n) is 6.39. The van der Waals surface area contributed by atoms with Crippen molar-refractivity contribution in [1.82, 2.24) is 4.90 Å². The van der Waals surface area contributed by atoms with Crippen LogP contribution in [0.2, 0.25) is 0 Å². The number of anilines is 1. The third-order valence-electron chi connectivity index (χ3n) is 9.49. The van der Waals surface area contributed by atoms with E-state index in [9.17, 15) is 14.4 Å². The van der Waals surface area contributed by atoms with Crippen molar-refractivity contribution in [2.75, 3.05) is 18.4 Å². The Morgan fingerprint density at radius 1 is 0.923 bits per heavy atom. The van der Waals surface area contributed by atoms with E-state index in [4.69, 9.17) is 0 Å². The van der Waals surface area contributed by atoms with E-state index in [1.54, 1.807) is 0 Å². The standard InChI is InChI=1S/C27H38N2O2.C10H14O.2C4H10.C2H6/c1-5-8-19(3)22-16-20(4)27(31)25(17-22)28-23-12-10-21(11-13-23)24(9-6-2)26(18-30)29-14-7-15-29;1-3-4-10-6-9(7-11)5-8(10)2;1-4(2)3;1-3-4-2;1-2/h10-13,16,19-20,24-25,28H,5-9,14-15,17H2,1-4H3;5,7H,3-4,6H2,1-2H3;4H,1-3H3;3-4H2,1-2H3;1-2H3. The number of ketones is 1. The first-order chi connectivity index (χ1) is 24.9. The monoisotopic (exact) mass is 719 g/mol. The van der Waals surface area contributed by atoms with E-state index in [1.807, 2.05) is 26.8 Å². The molecule has 1 aromatic carbocycles. The van der Waals surface area contributed by atoms with Crippen LogP contribution in [0.25, 0.3) is 0 Å². The summed E-state index contributed by atoms with van der Waals surface area (Å²) in [6.45, 7) is 29.7. The number of carbonyl (C=O) groups excluding carboxylic acids is 3. The normalized spacial score (nSPS) is 18.6. The molecule has 1 fully saturated rings. The molecule has 1 saturated heterocycles. The van der Waals surface area contributed by atoms with E-state index in [2.05, 4.69) is 116 Å². The summed E-state index contributed by atoms with van der Waals surface area (Å²) in [5.41, 5.74) is 7.99. The number of benzene rings is 1. The lowest BCUT2D eigenvalue weighted by molar-refractivity contribution is -0.122. The van der Waals surface area contributed by atoms with Crippen LogP contribution < -0.4 is 5.32 Å². The van der Waals surface area contributed by atoms with Crippen molar-refractivity contribution in [3.05, 3.63) is 70.0 Å². The Morgan fingerprint density at radius 3 is 1.92 bits per heavy atom. The Kier molecular flexibility index (Phi) is 26.6. The maximum atomic E-state index is 12.8. The van der Waals surface area contributed by atoms with Crippen LogP contribution in [-0.4, -0.2) is 42.0 Å². The van der Waals surface area contributed by atoms with E-state index >= 15 is 0 Å². The van der Waals surface area contributed by atoms with Crippen LogP contribution in [0.1, 0.15) is 172 Å². The van der Waals surface area contributed by atoms with Crippen molar-refractivity contribution in [2.45, 2.75) is 173 Å². The second-order valence-corrected chi connectivity index (χ2v) is 15.1. The van der Waals surface area contributed by atoms with E-state index < -0.39 is 0 Å². The highest BCUT2D eigenvalue weighted by Gasteiger charge is 2.30. The minimum atomic E-state index is -0.168. The van der Waals surface area contributed by atoms with Crippen molar-refractivity contribution < 1.29 is 14.4 Å². The molecule has 4 atom stereocenters. The molecule has 52 heavy (non-hydrogen) atoms. The fourth-order valence-corrected chi connectivity index (χ4v) is 6.39. The topological polar surface area (TPSA) is 66.5 Å². The van der Waals surface area contributed by atoms with Crippen molar-refractivity contribution in [3.63, 3.8) is 0 Å². The molecule has 0 spiro atoms. The van der Waals surface area contributed by atoms with E-state index in [0.717, 1.165) is 99.2 Å². The largest absolute Gasteiger partial charge is 0.375 e. The molecule has 1 aliphatic heterocycles. The molecule has 5 heteroatoms. The molecule has 4 rings (SSSR count). The molecule has 1 N–H and O–H groups in total. The number of carbonyl (C=O) groups is 2. The van der Waals surface area contributed by atoms with Crippen LogP contribution in [0.5, 0.6) is 0 Å². The zero-order valence-electron chi connectivity index (χ0n) is 35.8. The fraction of sp³-hybridized carbons (Fsp3) is 0.660. The highest BCUT2D eigenvalue weighted by molar-refractivity contribution is 5.91. The van der Waals surface area contributed by atoms with Crippen LogP contribution in [-0.2, 0) is 14.4 Å². The van der Waals surface area contributed by atoms with Crippen LogP contribution >= 0.6 is 0 Å².